The largest absolute Gasteiger partial charge is 0.435 e. The zero-order valence-corrected chi connectivity index (χ0v) is 13.6. The highest BCUT2D eigenvalue weighted by Crippen LogP contribution is 2.23. The van der Waals surface area contributed by atoms with E-state index in [4.69, 9.17) is 0 Å². The standard InChI is InChI=1S/C14H9Br2F2NO2/c15-9-4-8(5-10(16)6-9)13(20)19-11-2-1-3-12(7-11)21-14(17)18/h1-7,14H,(H,19,20). The van der Waals surface area contributed by atoms with Crippen molar-refractivity contribution >= 4 is 43.5 Å². The third kappa shape index (κ3) is 4.78. The Balaban J connectivity index is 2.15. The van der Waals surface area contributed by atoms with Crippen molar-refractivity contribution in [2.45, 2.75) is 6.61 Å². The lowest BCUT2D eigenvalue weighted by molar-refractivity contribution is -0.0497. The van der Waals surface area contributed by atoms with Crippen LogP contribution in [0.5, 0.6) is 5.75 Å². The van der Waals surface area contributed by atoms with Gasteiger partial charge in [-0.15, -0.1) is 0 Å². The van der Waals surface area contributed by atoms with E-state index in [9.17, 15) is 13.6 Å². The van der Waals surface area contributed by atoms with E-state index in [0.717, 1.165) is 8.95 Å². The van der Waals surface area contributed by atoms with Gasteiger partial charge in [-0.25, -0.2) is 0 Å². The Kier molecular flexibility index (Phi) is 5.30. The normalized spacial score (nSPS) is 10.5. The van der Waals surface area contributed by atoms with Crippen molar-refractivity contribution in [2.75, 3.05) is 5.32 Å². The fourth-order valence-corrected chi connectivity index (χ4v) is 2.93. The maximum Gasteiger partial charge on any atom is 0.387 e. The van der Waals surface area contributed by atoms with Crippen molar-refractivity contribution in [1.82, 2.24) is 0 Å². The van der Waals surface area contributed by atoms with Gasteiger partial charge < -0.3 is 10.1 Å². The lowest BCUT2D eigenvalue weighted by Crippen LogP contribution is -2.12. The first-order valence-corrected chi connectivity index (χ1v) is 7.35. The molecule has 110 valence electrons. The second-order valence-electron chi connectivity index (χ2n) is 4.02. The smallest absolute Gasteiger partial charge is 0.387 e. The first kappa shape index (κ1) is 15.9. The minimum Gasteiger partial charge on any atom is -0.435 e. The first-order chi connectivity index (χ1) is 9.94. The van der Waals surface area contributed by atoms with Gasteiger partial charge in [0.15, 0.2) is 0 Å². The van der Waals surface area contributed by atoms with Crippen molar-refractivity contribution in [3.05, 3.63) is 57.0 Å². The van der Waals surface area contributed by atoms with Crippen molar-refractivity contribution < 1.29 is 18.3 Å². The molecule has 2 aromatic carbocycles. The molecule has 2 rings (SSSR count). The summed E-state index contributed by atoms with van der Waals surface area (Å²) in [4.78, 5) is 12.1. The van der Waals surface area contributed by atoms with E-state index in [1.807, 2.05) is 0 Å². The molecule has 0 unspecified atom stereocenters. The van der Waals surface area contributed by atoms with Crippen molar-refractivity contribution in [2.24, 2.45) is 0 Å². The molecular formula is C14H9Br2F2NO2. The van der Waals surface area contributed by atoms with Gasteiger partial charge in [0, 0.05) is 26.3 Å². The molecule has 7 heteroatoms. The van der Waals surface area contributed by atoms with E-state index in [0.29, 0.717) is 11.3 Å². The molecule has 0 radical (unpaired) electrons. The Labute approximate surface area is 136 Å². The quantitative estimate of drug-likeness (QED) is 0.750. The van der Waals surface area contributed by atoms with Crippen LogP contribution in [0.25, 0.3) is 0 Å². The third-order valence-electron chi connectivity index (χ3n) is 2.44. The molecule has 0 saturated carbocycles. The summed E-state index contributed by atoms with van der Waals surface area (Å²) in [5.41, 5.74) is 0.797. The number of nitrogens with one attached hydrogen (secondary N) is 1. The van der Waals surface area contributed by atoms with Crippen molar-refractivity contribution in [1.29, 1.82) is 0 Å². The van der Waals surface area contributed by atoms with Crippen LogP contribution < -0.4 is 10.1 Å². The van der Waals surface area contributed by atoms with Gasteiger partial charge in [-0.1, -0.05) is 37.9 Å². The highest BCUT2D eigenvalue weighted by Gasteiger charge is 2.10. The van der Waals surface area contributed by atoms with Crippen LogP contribution in [-0.4, -0.2) is 12.5 Å². The highest BCUT2D eigenvalue weighted by molar-refractivity contribution is 9.11. The number of hydrogen-bond donors (Lipinski definition) is 1. The number of amides is 1. The van der Waals surface area contributed by atoms with Gasteiger partial charge >= 0.3 is 6.61 Å². The molecule has 1 N–H and O–H groups in total. The number of carbonyl (C=O) groups excluding carboxylic acids is 1. The first-order valence-electron chi connectivity index (χ1n) is 5.76. The van der Waals surface area contributed by atoms with Crippen LogP contribution in [0.2, 0.25) is 0 Å². The maximum absolute atomic E-state index is 12.1. The van der Waals surface area contributed by atoms with Crippen LogP contribution in [0.3, 0.4) is 0 Å². The molecule has 0 atom stereocenters. The number of ether oxygens (including phenoxy) is 1. The van der Waals surface area contributed by atoms with Crippen LogP contribution in [0.15, 0.2) is 51.4 Å². The number of rotatable bonds is 4. The topological polar surface area (TPSA) is 38.3 Å². The van der Waals surface area contributed by atoms with Crippen LogP contribution in [0, 0.1) is 0 Å². The summed E-state index contributed by atoms with van der Waals surface area (Å²) < 4.78 is 30.1. The molecule has 0 aliphatic carbocycles. The van der Waals surface area contributed by atoms with Crippen LogP contribution in [0.4, 0.5) is 14.5 Å². The summed E-state index contributed by atoms with van der Waals surface area (Å²) in [5, 5.41) is 2.62. The van der Waals surface area contributed by atoms with E-state index in [1.54, 1.807) is 24.3 Å². The molecule has 21 heavy (non-hydrogen) atoms. The second kappa shape index (κ2) is 7.00. The van der Waals surface area contributed by atoms with Gasteiger partial charge in [-0.2, -0.15) is 8.78 Å². The fourth-order valence-electron chi connectivity index (χ4n) is 1.64. The predicted octanol–water partition coefficient (Wildman–Crippen LogP) is 5.07. The summed E-state index contributed by atoms with van der Waals surface area (Å²) in [6.07, 6.45) is 0. The number of halogens is 4. The van der Waals surface area contributed by atoms with Gasteiger partial charge in [0.1, 0.15) is 5.75 Å². The number of anilines is 1. The van der Waals surface area contributed by atoms with E-state index in [-0.39, 0.29) is 11.7 Å². The lowest BCUT2D eigenvalue weighted by Gasteiger charge is -2.09. The zero-order chi connectivity index (χ0) is 15.4. The minimum absolute atomic E-state index is 0.0155. The van der Waals surface area contributed by atoms with Crippen molar-refractivity contribution in [3.63, 3.8) is 0 Å². The average Bonchev–Trinajstić information content (AvgIpc) is 2.37. The molecule has 0 bridgehead atoms. The van der Waals surface area contributed by atoms with Crippen molar-refractivity contribution in [3.8, 4) is 5.75 Å². The Morgan fingerprint density at radius 3 is 2.38 bits per heavy atom. The maximum atomic E-state index is 12.1. The van der Waals surface area contributed by atoms with Gasteiger partial charge in [-0.05, 0) is 30.3 Å². The van der Waals surface area contributed by atoms with E-state index >= 15 is 0 Å². The van der Waals surface area contributed by atoms with Crippen LogP contribution in [0.1, 0.15) is 10.4 Å². The molecule has 0 fully saturated rings. The van der Waals surface area contributed by atoms with Gasteiger partial charge in [0.2, 0.25) is 0 Å². The van der Waals surface area contributed by atoms with Gasteiger partial charge in [-0.3, -0.25) is 4.79 Å². The second-order valence-corrected chi connectivity index (χ2v) is 5.85. The molecule has 2 aromatic rings. The SMILES string of the molecule is O=C(Nc1cccc(OC(F)F)c1)c1cc(Br)cc(Br)c1. The van der Waals surface area contributed by atoms with Gasteiger partial charge in [0.25, 0.3) is 5.91 Å². The zero-order valence-electron chi connectivity index (χ0n) is 10.4. The summed E-state index contributed by atoms with van der Waals surface area (Å²) in [7, 11) is 0. The molecule has 0 spiro atoms. The summed E-state index contributed by atoms with van der Waals surface area (Å²) in [6, 6.07) is 10.9. The molecule has 0 aromatic heterocycles. The lowest BCUT2D eigenvalue weighted by atomic mass is 10.2. The summed E-state index contributed by atoms with van der Waals surface area (Å²) in [6.45, 7) is -2.91. The predicted molar refractivity (Wildman–Crippen MR) is 82.9 cm³/mol. The Morgan fingerprint density at radius 2 is 1.76 bits per heavy atom. The number of carbonyl (C=O) groups is 1. The number of benzene rings is 2. The molecular weight excluding hydrogens is 412 g/mol. The summed E-state index contributed by atoms with van der Waals surface area (Å²) in [5.74, 6) is -0.371. The third-order valence-corrected chi connectivity index (χ3v) is 3.36. The molecule has 3 nitrogen and oxygen atoms in total. The molecule has 0 heterocycles. The van der Waals surface area contributed by atoms with Crippen LogP contribution >= 0.6 is 31.9 Å². The molecule has 1 amide bonds. The fraction of sp³-hybridized carbons (Fsp3) is 0.0714. The molecule has 0 saturated heterocycles. The molecule has 0 aliphatic rings. The van der Waals surface area contributed by atoms with E-state index < -0.39 is 6.61 Å². The molecule has 0 aliphatic heterocycles. The van der Waals surface area contributed by atoms with E-state index in [1.165, 1.54) is 18.2 Å². The van der Waals surface area contributed by atoms with E-state index in [2.05, 4.69) is 41.9 Å². The number of hydrogen-bond acceptors (Lipinski definition) is 2. The monoisotopic (exact) mass is 419 g/mol. The Bertz CT molecular complexity index is 645. The average molecular weight is 421 g/mol. The van der Waals surface area contributed by atoms with Crippen LogP contribution in [-0.2, 0) is 0 Å². The van der Waals surface area contributed by atoms with Gasteiger partial charge in [0.05, 0.1) is 0 Å². The minimum atomic E-state index is -2.91. The highest BCUT2D eigenvalue weighted by atomic mass is 79.9. The Hall–Kier alpha value is -1.47. The number of alkyl halides is 2. The summed E-state index contributed by atoms with van der Waals surface area (Å²) >= 11 is 6.58. The Morgan fingerprint density at radius 1 is 1.10 bits per heavy atom.